The lowest BCUT2D eigenvalue weighted by Crippen LogP contribution is -2.29. The smallest absolute Gasteiger partial charge is 0.428 e. The molecule has 0 unspecified atom stereocenters. The number of nitrogens with zero attached hydrogens (tertiary/aromatic N) is 1. The number of rotatable bonds is 4. The third-order valence-electron chi connectivity index (χ3n) is 2.87. The first kappa shape index (κ1) is 18.2. The van der Waals surface area contributed by atoms with Gasteiger partial charge < -0.3 is 9.47 Å². The fraction of sp³-hybridized carbons (Fsp3) is 0.211. The highest BCUT2D eigenvalue weighted by molar-refractivity contribution is 5.91. The summed E-state index contributed by atoms with van der Waals surface area (Å²) in [5, 5.41) is 3.81. The van der Waals surface area contributed by atoms with Crippen LogP contribution in [0.1, 0.15) is 36.7 Å². The summed E-state index contributed by atoms with van der Waals surface area (Å²) in [7, 11) is 0. The fourth-order valence-electron chi connectivity index (χ4n) is 1.82. The predicted molar refractivity (Wildman–Crippen MR) is 94.8 cm³/mol. The van der Waals surface area contributed by atoms with Gasteiger partial charge in [-0.2, -0.15) is 5.10 Å². The van der Waals surface area contributed by atoms with Gasteiger partial charge in [-0.3, -0.25) is 0 Å². The summed E-state index contributed by atoms with van der Waals surface area (Å²) in [6, 6.07) is 15.5. The standard InChI is InChI=1S/C19H20N2O4/c1-19(2,3)25-18(23)21-20-13-14-9-11-16(12-10-14)24-17(22)15-7-5-4-6-8-15/h4-13H,1-3H3,(H,21,23)/b20-13+. The molecule has 0 heterocycles. The summed E-state index contributed by atoms with van der Waals surface area (Å²) in [5.74, 6) is -0.000265. The summed E-state index contributed by atoms with van der Waals surface area (Å²) in [5.41, 5.74) is 2.91. The molecule has 2 aromatic carbocycles. The lowest BCUT2D eigenvalue weighted by molar-refractivity contribution is 0.0529. The van der Waals surface area contributed by atoms with E-state index in [0.29, 0.717) is 11.3 Å². The van der Waals surface area contributed by atoms with Crippen LogP contribution in [-0.2, 0) is 4.74 Å². The molecule has 0 aliphatic rings. The van der Waals surface area contributed by atoms with Gasteiger partial charge in [0.15, 0.2) is 0 Å². The fourth-order valence-corrected chi connectivity index (χ4v) is 1.82. The van der Waals surface area contributed by atoms with E-state index in [1.165, 1.54) is 6.21 Å². The molecule has 0 fully saturated rings. The number of hydrazone groups is 1. The molecule has 0 atom stereocenters. The molecule has 0 spiro atoms. The molecule has 0 aliphatic carbocycles. The highest BCUT2D eigenvalue weighted by Crippen LogP contribution is 2.13. The van der Waals surface area contributed by atoms with Crippen LogP contribution < -0.4 is 10.2 Å². The molecule has 0 saturated heterocycles. The molecular weight excluding hydrogens is 320 g/mol. The number of ether oxygens (including phenoxy) is 2. The van der Waals surface area contributed by atoms with Gasteiger partial charge >= 0.3 is 12.1 Å². The average molecular weight is 340 g/mol. The molecule has 1 N–H and O–H groups in total. The second-order valence-corrected chi connectivity index (χ2v) is 6.20. The number of esters is 1. The van der Waals surface area contributed by atoms with Gasteiger partial charge in [0, 0.05) is 0 Å². The lowest BCUT2D eigenvalue weighted by Gasteiger charge is -2.18. The van der Waals surface area contributed by atoms with Crippen LogP contribution in [0.25, 0.3) is 0 Å². The van der Waals surface area contributed by atoms with Gasteiger partial charge in [-0.05, 0) is 62.7 Å². The summed E-state index contributed by atoms with van der Waals surface area (Å²) < 4.78 is 10.3. The SMILES string of the molecule is CC(C)(C)OC(=O)N/N=C/c1ccc(OC(=O)c2ccccc2)cc1. The number of carbonyl (C=O) groups excluding carboxylic acids is 2. The molecular formula is C19H20N2O4. The third-order valence-corrected chi connectivity index (χ3v) is 2.87. The Bertz CT molecular complexity index is 747. The Labute approximate surface area is 146 Å². The van der Waals surface area contributed by atoms with Gasteiger partial charge in [0.25, 0.3) is 0 Å². The van der Waals surface area contributed by atoms with E-state index in [0.717, 1.165) is 5.56 Å². The first-order valence-electron chi connectivity index (χ1n) is 7.73. The topological polar surface area (TPSA) is 77.0 Å². The van der Waals surface area contributed by atoms with Crippen molar-refractivity contribution in [3.8, 4) is 5.75 Å². The van der Waals surface area contributed by atoms with E-state index in [2.05, 4.69) is 10.5 Å². The normalized spacial score (nSPS) is 11.2. The minimum Gasteiger partial charge on any atom is -0.443 e. The molecule has 6 heteroatoms. The van der Waals surface area contributed by atoms with E-state index in [1.807, 2.05) is 6.07 Å². The molecule has 25 heavy (non-hydrogen) atoms. The average Bonchev–Trinajstić information content (AvgIpc) is 2.55. The van der Waals surface area contributed by atoms with Crippen molar-refractivity contribution in [2.24, 2.45) is 5.10 Å². The van der Waals surface area contributed by atoms with Crippen molar-refractivity contribution in [2.75, 3.05) is 0 Å². The van der Waals surface area contributed by atoms with Crippen LogP contribution in [0.15, 0.2) is 59.7 Å². The number of hydrogen-bond donors (Lipinski definition) is 1. The van der Waals surface area contributed by atoms with Gasteiger partial charge in [-0.25, -0.2) is 15.0 Å². The Balaban J connectivity index is 1.88. The molecule has 0 saturated carbocycles. The summed E-state index contributed by atoms with van der Waals surface area (Å²) >= 11 is 0. The van der Waals surface area contributed by atoms with Crippen molar-refractivity contribution in [2.45, 2.75) is 26.4 Å². The minimum atomic E-state index is -0.628. The minimum absolute atomic E-state index is 0.422. The van der Waals surface area contributed by atoms with Crippen molar-refractivity contribution in [3.05, 3.63) is 65.7 Å². The quantitative estimate of drug-likeness (QED) is 0.398. The molecule has 0 aliphatic heterocycles. The predicted octanol–water partition coefficient (Wildman–Crippen LogP) is 3.76. The van der Waals surface area contributed by atoms with E-state index in [1.54, 1.807) is 69.3 Å². The first-order chi connectivity index (χ1) is 11.8. The molecule has 2 rings (SSSR count). The number of nitrogens with one attached hydrogen (secondary N) is 1. The Morgan fingerprint density at radius 1 is 1.00 bits per heavy atom. The van der Waals surface area contributed by atoms with Crippen molar-refractivity contribution in [3.63, 3.8) is 0 Å². The second-order valence-electron chi connectivity index (χ2n) is 6.20. The molecule has 0 aromatic heterocycles. The van der Waals surface area contributed by atoms with Crippen molar-refractivity contribution in [1.82, 2.24) is 5.43 Å². The van der Waals surface area contributed by atoms with Crippen molar-refractivity contribution in [1.29, 1.82) is 0 Å². The zero-order valence-corrected chi connectivity index (χ0v) is 14.4. The van der Waals surface area contributed by atoms with E-state index >= 15 is 0 Å². The highest BCUT2D eigenvalue weighted by atomic mass is 16.6. The molecule has 0 bridgehead atoms. The maximum Gasteiger partial charge on any atom is 0.428 e. The van der Waals surface area contributed by atoms with Crippen LogP contribution >= 0.6 is 0 Å². The lowest BCUT2D eigenvalue weighted by atomic mass is 10.2. The molecule has 2 aromatic rings. The first-order valence-corrected chi connectivity index (χ1v) is 7.73. The monoisotopic (exact) mass is 340 g/mol. The third kappa shape index (κ3) is 6.47. The molecule has 130 valence electrons. The largest absolute Gasteiger partial charge is 0.443 e. The molecule has 6 nitrogen and oxygen atoms in total. The Morgan fingerprint density at radius 3 is 2.24 bits per heavy atom. The summed E-state index contributed by atoms with van der Waals surface area (Å²) in [6.45, 7) is 5.31. The van der Waals surface area contributed by atoms with Gasteiger partial charge in [-0.15, -0.1) is 0 Å². The van der Waals surface area contributed by atoms with Crippen LogP contribution in [-0.4, -0.2) is 23.9 Å². The number of amides is 1. The Kier molecular flexibility index (Phi) is 5.89. The van der Waals surface area contributed by atoms with E-state index in [4.69, 9.17) is 9.47 Å². The van der Waals surface area contributed by atoms with Gasteiger partial charge in [0.05, 0.1) is 11.8 Å². The van der Waals surface area contributed by atoms with Gasteiger partial charge in [0.1, 0.15) is 11.4 Å². The Hall–Kier alpha value is -3.15. The van der Waals surface area contributed by atoms with E-state index in [9.17, 15) is 9.59 Å². The zero-order valence-electron chi connectivity index (χ0n) is 14.4. The van der Waals surface area contributed by atoms with Crippen LogP contribution in [0.5, 0.6) is 5.75 Å². The van der Waals surface area contributed by atoms with Crippen molar-refractivity contribution < 1.29 is 19.1 Å². The van der Waals surface area contributed by atoms with Crippen LogP contribution in [0.2, 0.25) is 0 Å². The van der Waals surface area contributed by atoms with Crippen LogP contribution in [0.3, 0.4) is 0 Å². The van der Waals surface area contributed by atoms with E-state index in [-0.39, 0.29) is 0 Å². The van der Waals surface area contributed by atoms with Gasteiger partial charge in [0.2, 0.25) is 0 Å². The van der Waals surface area contributed by atoms with Crippen LogP contribution in [0.4, 0.5) is 4.79 Å². The maximum atomic E-state index is 12.0. The maximum absolute atomic E-state index is 12.0. The summed E-state index contributed by atoms with van der Waals surface area (Å²) in [6.07, 6.45) is 0.837. The Morgan fingerprint density at radius 2 is 1.64 bits per heavy atom. The second kappa shape index (κ2) is 8.10. The molecule has 0 radical (unpaired) electrons. The van der Waals surface area contributed by atoms with Gasteiger partial charge in [-0.1, -0.05) is 18.2 Å². The highest BCUT2D eigenvalue weighted by Gasteiger charge is 2.15. The number of benzene rings is 2. The number of hydrogen-bond acceptors (Lipinski definition) is 5. The number of carbonyl (C=O) groups is 2. The molecule has 1 amide bonds. The van der Waals surface area contributed by atoms with E-state index < -0.39 is 17.7 Å². The van der Waals surface area contributed by atoms with Crippen molar-refractivity contribution >= 4 is 18.3 Å². The summed E-state index contributed by atoms with van der Waals surface area (Å²) in [4.78, 5) is 23.4. The van der Waals surface area contributed by atoms with Crippen LogP contribution in [0, 0.1) is 0 Å². The zero-order chi connectivity index (χ0) is 18.3.